The van der Waals surface area contributed by atoms with Gasteiger partial charge in [-0.15, -0.1) is 17.5 Å². The van der Waals surface area contributed by atoms with E-state index in [0.717, 1.165) is 37.6 Å². The van der Waals surface area contributed by atoms with Gasteiger partial charge in [0.25, 0.3) is 0 Å². The molecule has 1 atom stereocenters. The molecule has 12 heteroatoms. The van der Waals surface area contributed by atoms with Crippen LogP contribution in [0.15, 0.2) is 36.7 Å². The van der Waals surface area contributed by atoms with Crippen molar-refractivity contribution in [3.63, 3.8) is 0 Å². The van der Waals surface area contributed by atoms with E-state index in [9.17, 15) is 13.2 Å². The Kier molecular flexibility index (Phi) is 6.20. The Balaban J connectivity index is 0.00000240. The van der Waals surface area contributed by atoms with E-state index < -0.39 is 11.7 Å². The number of hydrogen-bond donors (Lipinski definition) is 1. The molecule has 0 saturated carbocycles. The van der Waals surface area contributed by atoms with Crippen LogP contribution in [0.3, 0.4) is 0 Å². The van der Waals surface area contributed by atoms with Crippen molar-refractivity contribution in [1.82, 2.24) is 40.0 Å². The van der Waals surface area contributed by atoms with Gasteiger partial charge in [-0.2, -0.15) is 17.9 Å². The fourth-order valence-corrected chi connectivity index (χ4v) is 3.37. The summed E-state index contributed by atoms with van der Waals surface area (Å²) in [6.07, 6.45) is -0.721. The molecule has 3 heterocycles. The minimum absolute atomic E-state index is 0. The third-order valence-corrected chi connectivity index (χ3v) is 4.83. The molecular weight excluding hydrogens is 409 g/mol. The molecule has 156 valence electrons. The maximum atomic E-state index is 12.8. The number of piperazine rings is 1. The predicted molar refractivity (Wildman–Crippen MR) is 101 cm³/mol. The van der Waals surface area contributed by atoms with Crippen LogP contribution >= 0.6 is 12.4 Å². The molecule has 3 aromatic rings. The second-order valence-electron chi connectivity index (χ2n) is 6.64. The largest absolute Gasteiger partial charge is 0.416 e. The molecule has 4 rings (SSSR count). The average Bonchev–Trinajstić information content (AvgIpc) is 3.31. The normalized spacial score (nSPS) is 17.9. The Hall–Kier alpha value is -2.50. The molecule has 1 fully saturated rings. The molecule has 1 aromatic carbocycles. The molecule has 0 amide bonds. The number of alkyl halides is 3. The number of aryl methyl sites for hydroxylation is 1. The highest BCUT2D eigenvalue weighted by molar-refractivity contribution is 5.85. The summed E-state index contributed by atoms with van der Waals surface area (Å²) in [6, 6.07) is 4.85. The summed E-state index contributed by atoms with van der Waals surface area (Å²) in [5.41, 5.74) is -0.223. The van der Waals surface area contributed by atoms with Crippen LogP contribution in [0.2, 0.25) is 0 Å². The van der Waals surface area contributed by atoms with E-state index in [2.05, 4.69) is 30.7 Å². The summed E-state index contributed by atoms with van der Waals surface area (Å²) in [4.78, 5) is 6.66. The van der Waals surface area contributed by atoms with Crippen LogP contribution in [0.4, 0.5) is 13.2 Å². The van der Waals surface area contributed by atoms with Gasteiger partial charge in [0.05, 0.1) is 23.8 Å². The Morgan fingerprint density at radius 2 is 1.97 bits per heavy atom. The lowest BCUT2D eigenvalue weighted by Crippen LogP contribution is -2.46. The number of nitrogens with zero attached hydrogens (tertiary/aromatic N) is 7. The van der Waals surface area contributed by atoms with Gasteiger partial charge in [-0.3, -0.25) is 4.90 Å². The van der Waals surface area contributed by atoms with Crippen molar-refractivity contribution >= 4 is 12.4 Å². The summed E-state index contributed by atoms with van der Waals surface area (Å²) in [6.45, 7) is 2.79. The summed E-state index contributed by atoms with van der Waals surface area (Å²) < 4.78 is 41.8. The molecule has 1 N–H and O–H groups in total. The third kappa shape index (κ3) is 4.41. The molecular formula is C17H20ClF3N8. The molecule has 0 bridgehead atoms. The highest BCUT2D eigenvalue weighted by atomic mass is 35.5. The van der Waals surface area contributed by atoms with Crippen molar-refractivity contribution in [3.05, 3.63) is 53.9 Å². The molecule has 0 aliphatic carbocycles. The Morgan fingerprint density at radius 1 is 1.21 bits per heavy atom. The highest BCUT2D eigenvalue weighted by Gasteiger charge is 2.31. The second-order valence-corrected chi connectivity index (χ2v) is 6.64. The number of hydrogen-bond acceptors (Lipinski definition) is 6. The average molecular weight is 429 g/mol. The van der Waals surface area contributed by atoms with Crippen molar-refractivity contribution in [2.24, 2.45) is 7.05 Å². The van der Waals surface area contributed by atoms with Gasteiger partial charge < -0.3 is 9.88 Å². The van der Waals surface area contributed by atoms with Gasteiger partial charge in [0.1, 0.15) is 5.82 Å². The summed E-state index contributed by atoms with van der Waals surface area (Å²) in [5, 5.41) is 15.1. The molecule has 1 aliphatic rings. The lowest BCUT2D eigenvalue weighted by Gasteiger charge is -2.35. The first-order valence-corrected chi connectivity index (χ1v) is 8.80. The van der Waals surface area contributed by atoms with Crippen molar-refractivity contribution < 1.29 is 13.2 Å². The fraction of sp³-hybridized carbons (Fsp3) is 0.412. The van der Waals surface area contributed by atoms with E-state index >= 15 is 0 Å². The molecule has 29 heavy (non-hydrogen) atoms. The predicted octanol–water partition coefficient (Wildman–Crippen LogP) is 1.98. The Labute approximate surface area is 171 Å². The summed E-state index contributed by atoms with van der Waals surface area (Å²) >= 11 is 0. The topological polar surface area (TPSA) is 76.7 Å². The Bertz CT molecular complexity index is 937. The van der Waals surface area contributed by atoms with Gasteiger partial charge in [-0.05, 0) is 34.7 Å². The number of nitrogens with one attached hydrogen (secondary N) is 1. The standard InChI is InChI=1S/C17H19F3N8.ClH/c1-26-8-7-22-16(26)14-10-21-6-9-27(14)11-15-23-24-25-28(15)13-4-2-12(3-5-13)17(18,19)20;/h2-5,7-8,14,21H,6,9-11H2,1H3;1H. The number of rotatable bonds is 4. The van der Waals surface area contributed by atoms with E-state index in [1.54, 1.807) is 6.20 Å². The van der Waals surface area contributed by atoms with Gasteiger partial charge in [0.15, 0.2) is 5.82 Å². The number of tetrazole rings is 1. The number of halogens is 4. The lowest BCUT2D eigenvalue weighted by molar-refractivity contribution is -0.137. The highest BCUT2D eigenvalue weighted by Crippen LogP contribution is 2.30. The maximum absolute atomic E-state index is 12.8. The van der Waals surface area contributed by atoms with Crippen LogP contribution in [0.5, 0.6) is 0 Å². The second kappa shape index (κ2) is 8.47. The first-order chi connectivity index (χ1) is 13.4. The zero-order chi connectivity index (χ0) is 19.7. The molecule has 8 nitrogen and oxygen atoms in total. The van der Waals surface area contributed by atoms with Crippen LogP contribution in [0.25, 0.3) is 5.69 Å². The number of imidazole rings is 1. The molecule has 0 radical (unpaired) electrons. The zero-order valence-electron chi connectivity index (χ0n) is 15.5. The van der Waals surface area contributed by atoms with E-state index in [0.29, 0.717) is 18.1 Å². The minimum atomic E-state index is -4.38. The Morgan fingerprint density at radius 3 is 2.62 bits per heavy atom. The van der Waals surface area contributed by atoms with Crippen molar-refractivity contribution in [2.45, 2.75) is 18.8 Å². The maximum Gasteiger partial charge on any atom is 0.416 e. The molecule has 0 spiro atoms. The summed E-state index contributed by atoms with van der Waals surface area (Å²) in [7, 11) is 1.95. The SMILES string of the molecule is Cl.Cn1ccnc1C1CNCCN1Cc1nnnn1-c1ccc(C(F)(F)F)cc1. The van der Waals surface area contributed by atoms with Crippen molar-refractivity contribution in [2.75, 3.05) is 19.6 Å². The number of aromatic nitrogens is 6. The first kappa shape index (κ1) is 21.2. The smallest absolute Gasteiger partial charge is 0.337 e. The van der Waals surface area contributed by atoms with E-state index in [4.69, 9.17) is 0 Å². The summed E-state index contributed by atoms with van der Waals surface area (Å²) in [5.74, 6) is 1.49. The van der Waals surface area contributed by atoms with Crippen LogP contribution < -0.4 is 5.32 Å². The van der Waals surface area contributed by atoms with Crippen LogP contribution in [0.1, 0.15) is 23.3 Å². The molecule has 1 aliphatic heterocycles. The van der Waals surface area contributed by atoms with Crippen LogP contribution in [-0.4, -0.2) is 54.3 Å². The van der Waals surface area contributed by atoms with Crippen LogP contribution in [0, 0.1) is 0 Å². The van der Waals surface area contributed by atoms with Gasteiger partial charge >= 0.3 is 6.18 Å². The van der Waals surface area contributed by atoms with E-state index in [1.165, 1.54) is 16.8 Å². The fourth-order valence-electron chi connectivity index (χ4n) is 3.37. The quantitative estimate of drug-likeness (QED) is 0.685. The third-order valence-electron chi connectivity index (χ3n) is 4.83. The molecule has 2 aromatic heterocycles. The van der Waals surface area contributed by atoms with E-state index in [1.807, 2.05) is 17.8 Å². The molecule has 1 saturated heterocycles. The first-order valence-electron chi connectivity index (χ1n) is 8.80. The lowest BCUT2D eigenvalue weighted by atomic mass is 10.1. The minimum Gasteiger partial charge on any atom is -0.337 e. The van der Waals surface area contributed by atoms with Crippen molar-refractivity contribution in [1.29, 1.82) is 0 Å². The zero-order valence-corrected chi connectivity index (χ0v) is 16.4. The van der Waals surface area contributed by atoms with Gasteiger partial charge in [-0.1, -0.05) is 0 Å². The van der Waals surface area contributed by atoms with Gasteiger partial charge in [-0.25, -0.2) is 4.98 Å². The van der Waals surface area contributed by atoms with Gasteiger partial charge in [0, 0.05) is 39.1 Å². The number of benzene rings is 1. The van der Waals surface area contributed by atoms with Crippen LogP contribution in [-0.2, 0) is 19.8 Å². The monoisotopic (exact) mass is 428 g/mol. The van der Waals surface area contributed by atoms with Crippen molar-refractivity contribution in [3.8, 4) is 5.69 Å². The molecule has 1 unspecified atom stereocenters. The van der Waals surface area contributed by atoms with Gasteiger partial charge in [0.2, 0.25) is 0 Å². The van der Waals surface area contributed by atoms with E-state index in [-0.39, 0.29) is 18.4 Å².